The first-order valence-electron chi connectivity index (χ1n) is 9.15. The van der Waals surface area contributed by atoms with Gasteiger partial charge in [-0.2, -0.15) is 0 Å². The smallest absolute Gasteiger partial charge is 0.318 e. The van der Waals surface area contributed by atoms with Gasteiger partial charge < -0.3 is 14.6 Å². The standard InChI is InChI=1S/C19H26N4O2/c1-2-6-17-21-22-19(25-17)23-13-10-16(11-14-23)18(24)20-12-9-15-7-4-3-5-8-15/h3-5,7-8,16H,2,6,9-14H2,1H3,(H,20,24). The van der Waals surface area contributed by atoms with Crippen molar-refractivity contribution in [1.82, 2.24) is 15.5 Å². The van der Waals surface area contributed by atoms with Crippen LogP contribution in [0.5, 0.6) is 0 Å². The molecule has 1 N–H and O–H groups in total. The fraction of sp³-hybridized carbons (Fsp3) is 0.526. The summed E-state index contributed by atoms with van der Waals surface area (Å²) >= 11 is 0. The van der Waals surface area contributed by atoms with Crippen LogP contribution in [0.3, 0.4) is 0 Å². The third-order valence-electron chi connectivity index (χ3n) is 4.61. The molecule has 0 saturated carbocycles. The lowest BCUT2D eigenvalue weighted by Crippen LogP contribution is -2.41. The number of carbonyl (C=O) groups excluding carboxylic acids is 1. The molecular formula is C19H26N4O2. The highest BCUT2D eigenvalue weighted by molar-refractivity contribution is 5.78. The van der Waals surface area contributed by atoms with Gasteiger partial charge in [-0.15, -0.1) is 5.10 Å². The minimum atomic E-state index is 0.0741. The molecular weight excluding hydrogens is 316 g/mol. The molecule has 134 valence electrons. The first kappa shape index (κ1) is 17.5. The van der Waals surface area contributed by atoms with Gasteiger partial charge in [0.1, 0.15) is 0 Å². The van der Waals surface area contributed by atoms with Crippen LogP contribution in [0, 0.1) is 5.92 Å². The number of aromatic nitrogens is 2. The van der Waals surface area contributed by atoms with E-state index in [1.165, 1.54) is 5.56 Å². The number of hydrogen-bond acceptors (Lipinski definition) is 5. The van der Waals surface area contributed by atoms with Crippen molar-refractivity contribution in [1.29, 1.82) is 0 Å². The number of benzene rings is 1. The molecule has 0 radical (unpaired) electrons. The zero-order chi connectivity index (χ0) is 17.5. The summed E-state index contributed by atoms with van der Waals surface area (Å²) in [5.41, 5.74) is 1.25. The molecule has 1 aliphatic heterocycles. The van der Waals surface area contributed by atoms with Gasteiger partial charge in [-0.3, -0.25) is 4.79 Å². The van der Waals surface area contributed by atoms with Gasteiger partial charge in [0.2, 0.25) is 11.8 Å². The fourth-order valence-electron chi connectivity index (χ4n) is 3.14. The molecule has 1 saturated heterocycles. The minimum Gasteiger partial charge on any atom is -0.408 e. The average Bonchev–Trinajstić information content (AvgIpc) is 3.12. The van der Waals surface area contributed by atoms with E-state index in [1.54, 1.807) is 0 Å². The Labute approximate surface area is 148 Å². The molecule has 3 rings (SSSR count). The Balaban J connectivity index is 1.41. The summed E-state index contributed by atoms with van der Waals surface area (Å²) < 4.78 is 5.68. The molecule has 25 heavy (non-hydrogen) atoms. The van der Waals surface area contributed by atoms with Gasteiger partial charge >= 0.3 is 6.01 Å². The van der Waals surface area contributed by atoms with E-state index in [1.807, 2.05) is 18.2 Å². The Morgan fingerprint density at radius 2 is 1.96 bits per heavy atom. The zero-order valence-corrected chi connectivity index (χ0v) is 14.8. The van der Waals surface area contributed by atoms with Crippen molar-refractivity contribution in [3.8, 4) is 0 Å². The molecule has 0 spiro atoms. The molecule has 1 fully saturated rings. The van der Waals surface area contributed by atoms with Gasteiger partial charge in [0.25, 0.3) is 0 Å². The van der Waals surface area contributed by atoms with Crippen LogP contribution in [0.2, 0.25) is 0 Å². The van der Waals surface area contributed by atoms with Crippen LogP contribution < -0.4 is 10.2 Å². The average molecular weight is 342 g/mol. The molecule has 0 aliphatic carbocycles. The van der Waals surface area contributed by atoms with Gasteiger partial charge in [-0.05, 0) is 31.2 Å². The number of nitrogens with zero attached hydrogens (tertiary/aromatic N) is 3. The molecule has 1 amide bonds. The van der Waals surface area contributed by atoms with Gasteiger partial charge in [0.05, 0.1) is 0 Å². The van der Waals surface area contributed by atoms with Crippen LogP contribution in [0.1, 0.15) is 37.6 Å². The third-order valence-corrected chi connectivity index (χ3v) is 4.61. The molecule has 0 unspecified atom stereocenters. The van der Waals surface area contributed by atoms with E-state index >= 15 is 0 Å². The number of nitrogens with one attached hydrogen (secondary N) is 1. The van der Waals surface area contributed by atoms with E-state index in [0.717, 1.165) is 45.2 Å². The lowest BCUT2D eigenvalue weighted by atomic mass is 9.96. The summed E-state index contributed by atoms with van der Waals surface area (Å²) in [4.78, 5) is 14.4. The lowest BCUT2D eigenvalue weighted by Gasteiger charge is -2.29. The van der Waals surface area contributed by atoms with Crippen LogP contribution in [-0.4, -0.2) is 35.7 Å². The van der Waals surface area contributed by atoms with E-state index in [-0.39, 0.29) is 11.8 Å². The normalized spacial score (nSPS) is 15.3. The number of carbonyl (C=O) groups is 1. The molecule has 6 heteroatoms. The maximum atomic E-state index is 12.3. The Bertz CT molecular complexity index is 663. The van der Waals surface area contributed by atoms with Crippen molar-refractivity contribution in [3.05, 3.63) is 41.8 Å². The summed E-state index contributed by atoms with van der Waals surface area (Å²) in [6.45, 7) is 4.34. The summed E-state index contributed by atoms with van der Waals surface area (Å²) in [5.74, 6) is 0.927. The number of rotatable bonds is 7. The second-order valence-corrected chi connectivity index (χ2v) is 6.52. The van der Waals surface area contributed by atoms with Crippen LogP contribution >= 0.6 is 0 Å². The molecule has 0 bridgehead atoms. The molecule has 1 aromatic carbocycles. The van der Waals surface area contributed by atoms with E-state index in [2.05, 4.69) is 39.5 Å². The van der Waals surface area contributed by atoms with Crippen LogP contribution in [0.4, 0.5) is 6.01 Å². The molecule has 1 aromatic heterocycles. The number of piperidine rings is 1. The highest BCUT2D eigenvalue weighted by Gasteiger charge is 2.27. The third kappa shape index (κ3) is 4.81. The summed E-state index contributed by atoms with van der Waals surface area (Å²) in [5, 5.41) is 11.3. The van der Waals surface area contributed by atoms with E-state index in [0.29, 0.717) is 18.5 Å². The number of hydrogen-bond donors (Lipinski definition) is 1. The Kier molecular flexibility index (Phi) is 6.04. The van der Waals surface area contributed by atoms with Crippen LogP contribution in [0.25, 0.3) is 0 Å². The Morgan fingerprint density at radius 1 is 1.20 bits per heavy atom. The quantitative estimate of drug-likeness (QED) is 0.837. The predicted octanol–water partition coefficient (Wildman–Crippen LogP) is 2.60. The Morgan fingerprint density at radius 3 is 2.68 bits per heavy atom. The van der Waals surface area contributed by atoms with Crippen molar-refractivity contribution >= 4 is 11.9 Å². The molecule has 0 atom stereocenters. The number of aryl methyl sites for hydroxylation is 1. The van der Waals surface area contributed by atoms with Gasteiger partial charge in [-0.25, -0.2) is 0 Å². The summed E-state index contributed by atoms with van der Waals surface area (Å²) in [7, 11) is 0. The van der Waals surface area contributed by atoms with Crippen molar-refractivity contribution in [3.63, 3.8) is 0 Å². The lowest BCUT2D eigenvalue weighted by molar-refractivity contribution is -0.125. The van der Waals surface area contributed by atoms with E-state index in [9.17, 15) is 4.79 Å². The second kappa shape index (κ2) is 8.65. The van der Waals surface area contributed by atoms with Crippen LogP contribution in [0.15, 0.2) is 34.7 Å². The predicted molar refractivity (Wildman–Crippen MR) is 96.4 cm³/mol. The number of amides is 1. The van der Waals surface area contributed by atoms with Crippen molar-refractivity contribution in [2.45, 2.75) is 39.0 Å². The molecule has 2 heterocycles. The fourth-order valence-corrected chi connectivity index (χ4v) is 3.14. The molecule has 6 nitrogen and oxygen atoms in total. The summed E-state index contributed by atoms with van der Waals surface area (Å²) in [6, 6.07) is 10.8. The monoisotopic (exact) mass is 342 g/mol. The maximum Gasteiger partial charge on any atom is 0.318 e. The van der Waals surface area contributed by atoms with E-state index < -0.39 is 0 Å². The maximum absolute atomic E-state index is 12.3. The van der Waals surface area contributed by atoms with Crippen molar-refractivity contribution < 1.29 is 9.21 Å². The highest BCUT2D eigenvalue weighted by Crippen LogP contribution is 2.22. The highest BCUT2D eigenvalue weighted by atomic mass is 16.4. The first-order chi connectivity index (χ1) is 12.3. The first-order valence-corrected chi connectivity index (χ1v) is 9.15. The van der Waals surface area contributed by atoms with Crippen molar-refractivity contribution in [2.75, 3.05) is 24.5 Å². The van der Waals surface area contributed by atoms with Gasteiger partial charge in [0, 0.05) is 32.0 Å². The topological polar surface area (TPSA) is 71.3 Å². The largest absolute Gasteiger partial charge is 0.408 e. The second-order valence-electron chi connectivity index (χ2n) is 6.52. The summed E-state index contributed by atoms with van der Waals surface area (Å²) in [6.07, 6.45) is 4.32. The van der Waals surface area contributed by atoms with E-state index in [4.69, 9.17) is 4.42 Å². The van der Waals surface area contributed by atoms with Crippen molar-refractivity contribution in [2.24, 2.45) is 5.92 Å². The number of anilines is 1. The Hall–Kier alpha value is -2.37. The molecule has 2 aromatic rings. The SMILES string of the molecule is CCCc1nnc(N2CCC(C(=O)NCCc3ccccc3)CC2)o1. The molecule has 1 aliphatic rings. The zero-order valence-electron chi connectivity index (χ0n) is 14.8. The van der Waals surface area contributed by atoms with Gasteiger partial charge in [0.15, 0.2) is 0 Å². The minimum absolute atomic E-state index is 0.0741. The van der Waals surface area contributed by atoms with Crippen LogP contribution in [-0.2, 0) is 17.6 Å². The van der Waals surface area contributed by atoms with Gasteiger partial charge in [-0.1, -0.05) is 42.4 Å².